The van der Waals surface area contributed by atoms with Gasteiger partial charge in [0.15, 0.2) is 0 Å². The van der Waals surface area contributed by atoms with Crippen molar-refractivity contribution in [3.05, 3.63) is 57.4 Å². The highest BCUT2D eigenvalue weighted by Crippen LogP contribution is 2.42. The third-order valence-electron chi connectivity index (χ3n) is 4.11. The summed E-state index contributed by atoms with van der Waals surface area (Å²) in [6.45, 7) is 2.11. The van der Waals surface area contributed by atoms with Crippen LogP contribution in [0.1, 0.15) is 33.8 Å². The standard InChI is InChI=1S/C17H18N2O2S/c1-4-10-5-7-11(8-6-10)15-14-12(9-13(20)18-15)16(21)19(2)17(14)22-3/h5-9,17H,4H2,1-3H3,(H,18,20)/t17-/m0/s1. The van der Waals surface area contributed by atoms with Crippen LogP contribution in [0.2, 0.25) is 0 Å². The maximum atomic E-state index is 12.4. The van der Waals surface area contributed by atoms with Crippen molar-refractivity contribution in [2.75, 3.05) is 13.3 Å². The van der Waals surface area contributed by atoms with Crippen LogP contribution in [0.3, 0.4) is 0 Å². The first-order valence-corrected chi connectivity index (χ1v) is 8.52. The summed E-state index contributed by atoms with van der Waals surface area (Å²) in [7, 11) is 1.78. The number of H-pyrrole nitrogens is 1. The van der Waals surface area contributed by atoms with Crippen molar-refractivity contribution in [3.8, 4) is 11.3 Å². The number of hydrogen-bond acceptors (Lipinski definition) is 3. The predicted molar refractivity (Wildman–Crippen MR) is 90.2 cm³/mol. The normalized spacial score (nSPS) is 17.0. The monoisotopic (exact) mass is 314 g/mol. The molecule has 1 aliphatic rings. The Morgan fingerprint density at radius 2 is 1.91 bits per heavy atom. The number of carbonyl (C=O) groups excluding carboxylic acids is 1. The lowest BCUT2D eigenvalue weighted by Gasteiger charge is -2.19. The molecule has 114 valence electrons. The molecule has 1 N–H and O–H groups in total. The number of pyridine rings is 1. The molecule has 4 nitrogen and oxygen atoms in total. The number of benzene rings is 1. The summed E-state index contributed by atoms with van der Waals surface area (Å²) in [5.74, 6) is -0.0909. The van der Waals surface area contributed by atoms with Crippen LogP contribution in [-0.4, -0.2) is 29.1 Å². The highest BCUT2D eigenvalue weighted by Gasteiger charge is 2.36. The summed E-state index contributed by atoms with van der Waals surface area (Å²) in [6, 6.07) is 9.53. The molecule has 0 spiro atoms. The fourth-order valence-electron chi connectivity index (χ4n) is 2.90. The second kappa shape index (κ2) is 5.65. The van der Waals surface area contributed by atoms with Crippen molar-refractivity contribution in [3.63, 3.8) is 0 Å². The molecular formula is C17H18N2O2S. The van der Waals surface area contributed by atoms with Gasteiger partial charge in [0, 0.05) is 18.7 Å². The van der Waals surface area contributed by atoms with Crippen LogP contribution in [-0.2, 0) is 6.42 Å². The zero-order valence-electron chi connectivity index (χ0n) is 12.8. The minimum atomic E-state index is -0.239. The number of fused-ring (bicyclic) bond motifs is 1. The molecule has 1 aromatic heterocycles. The average Bonchev–Trinajstić information content (AvgIpc) is 2.78. The van der Waals surface area contributed by atoms with Crippen molar-refractivity contribution >= 4 is 17.7 Å². The molecule has 2 heterocycles. The van der Waals surface area contributed by atoms with Gasteiger partial charge in [0.25, 0.3) is 5.91 Å². The fourth-order valence-corrected chi connectivity index (χ4v) is 3.80. The lowest BCUT2D eigenvalue weighted by atomic mass is 10.0. The van der Waals surface area contributed by atoms with Gasteiger partial charge in [0.05, 0.1) is 11.3 Å². The third kappa shape index (κ3) is 2.25. The van der Waals surface area contributed by atoms with E-state index < -0.39 is 0 Å². The van der Waals surface area contributed by atoms with E-state index in [9.17, 15) is 9.59 Å². The summed E-state index contributed by atoms with van der Waals surface area (Å²) in [5, 5.41) is -0.0693. The number of aromatic amines is 1. The smallest absolute Gasteiger partial charge is 0.255 e. The Kier molecular flexibility index (Phi) is 3.83. The van der Waals surface area contributed by atoms with E-state index in [1.807, 2.05) is 18.4 Å². The quantitative estimate of drug-likeness (QED) is 0.947. The molecule has 0 saturated heterocycles. The molecule has 1 atom stereocenters. The number of hydrogen-bond donors (Lipinski definition) is 1. The zero-order chi connectivity index (χ0) is 15.9. The van der Waals surface area contributed by atoms with E-state index in [1.54, 1.807) is 23.7 Å². The summed E-state index contributed by atoms with van der Waals surface area (Å²) in [5.41, 5.74) is 4.12. The van der Waals surface area contributed by atoms with Crippen LogP contribution < -0.4 is 5.56 Å². The summed E-state index contributed by atoms with van der Waals surface area (Å²) in [6.07, 6.45) is 2.94. The molecule has 1 amide bonds. The highest BCUT2D eigenvalue weighted by molar-refractivity contribution is 7.98. The molecular weight excluding hydrogens is 296 g/mol. The average molecular weight is 314 g/mol. The highest BCUT2D eigenvalue weighted by atomic mass is 32.2. The van der Waals surface area contributed by atoms with Gasteiger partial charge in [-0.05, 0) is 23.8 Å². The second-order valence-corrected chi connectivity index (χ2v) is 6.31. The lowest BCUT2D eigenvalue weighted by molar-refractivity contribution is 0.0813. The van der Waals surface area contributed by atoms with E-state index in [1.165, 1.54) is 11.6 Å². The van der Waals surface area contributed by atoms with Gasteiger partial charge in [-0.15, -0.1) is 11.8 Å². The number of thioether (sulfide) groups is 1. The van der Waals surface area contributed by atoms with E-state index in [4.69, 9.17) is 0 Å². The van der Waals surface area contributed by atoms with Crippen LogP contribution in [0, 0.1) is 0 Å². The first kappa shape index (κ1) is 14.9. The Labute approximate surface area is 133 Å². The van der Waals surface area contributed by atoms with E-state index in [0.717, 1.165) is 23.2 Å². The number of aryl methyl sites for hydroxylation is 1. The number of nitrogens with one attached hydrogen (secondary N) is 1. The van der Waals surface area contributed by atoms with Gasteiger partial charge in [0.1, 0.15) is 5.37 Å². The van der Waals surface area contributed by atoms with Crippen LogP contribution in [0.4, 0.5) is 0 Å². The summed E-state index contributed by atoms with van der Waals surface area (Å²) < 4.78 is 0. The molecule has 0 fully saturated rings. The topological polar surface area (TPSA) is 53.2 Å². The molecule has 22 heavy (non-hydrogen) atoms. The van der Waals surface area contributed by atoms with Gasteiger partial charge >= 0.3 is 0 Å². The molecule has 2 aromatic rings. The Bertz CT molecular complexity index is 780. The SMILES string of the molecule is CCc1ccc(-c2[nH]c(=O)cc3c2[C@H](SC)N(C)C3=O)cc1. The van der Waals surface area contributed by atoms with Crippen molar-refractivity contribution < 1.29 is 4.79 Å². The van der Waals surface area contributed by atoms with E-state index in [2.05, 4.69) is 24.0 Å². The van der Waals surface area contributed by atoms with Gasteiger partial charge in [-0.1, -0.05) is 31.2 Å². The van der Waals surface area contributed by atoms with Crippen LogP contribution >= 0.6 is 11.8 Å². The number of nitrogens with zero attached hydrogens (tertiary/aromatic N) is 1. The maximum absolute atomic E-state index is 12.4. The van der Waals surface area contributed by atoms with Gasteiger partial charge in [-0.2, -0.15) is 0 Å². The van der Waals surface area contributed by atoms with Crippen molar-refractivity contribution in [2.45, 2.75) is 18.7 Å². The molecule has 0 bridgehead atoms. The van der Waals surface area contributed by atoms with Crippen LogP contribution in [0.25, 0.3) is 11.3 Å². The molecule has 0 unspecified atom stereocenters. The van der Waals surface area contributed by atoms with E-state index in [-0.39, 0.29) is 16.8 Å². The molecule has 0 radical (unpaired) electrons. The molecule has 1 aliphatic heterocycles. The Balaban J connectivity index is 2.23. The third-order valence-corrected chi connectivity index (χ3v) is 5.11. The van der Waals surface area contributed by atoms with Crippen LogP contribution in [0.15, 0.2) is 35.1 Å². The van der Waals surface area contributed by atoms with E-state index in [0.29, 0.717) is 5.56 Å². The van der Waals surface area contributed by atoms with Crippen LogP contribution in [0.5, 0.6) is 0 Å². The molecule has 5 heteroatoms. The number of amides is 1. The Morgan fingerprint density at radius 3 is 2.50 bits per heavy atom. The minimum absolute atomic E-state index is 0.0693. The first-order chi connectivity index (χ1) is 10.6. The van der Waals surface area contributed by atoms with Crippen molar-refractivity contribution in [2.24, 2.45) is 0 Å². The van der Waals surface area contributed by atoms with Gasteiger partial charge in [-0.25, -0.2) is 0 Å². The minimum Gasteiger partial charge on any atom is -0.325 e. The zero-order valence-corrected chi connectivity index (χ0v) is 13.7. The van der Waals surface area contributed by atoms with Crippen molar-refractivity contribution in [1.29, 1.82) is 0 Å². The number of carbonyl (C=O) groups is 1. The number of rotatable bonds is 3. The summed E-state index contributed by atoms with van der Waals surface area (Å²) >= 11 is 1.59. The van der Waals surface area contributed by atoms with Crippen molar-refractivity contribution in [1.82, 2.24) is 9.88 Å². The molecule has 0 aliphatic carbocycles. The lowest BCUT2D eigenvalue weighted by Crippen LogP contribution is -2.21. The summed E-state index contributed by atoms with van der Waals surface area (Å²) in [4.78, 5) is 28.9. The first-order valence-electron chi connectivity index (χ1n) is 7.23. The number of aromatic nitrogens is 1. The molecule has 1 aromatic carbocycles. The molecule has 3 rings (SSSR count). The van der Waals surface area contributed by atoms with E-state index >= 15 is 0 Å². The fraction of sp³-hybridized carbons (Fsp3) is 0.294. The van der Waals surface area contributed by atoms with Gasteiger partial charge in [0.2, 0.25) is 5.56 Å². The Morgan fingerprint density at radius 1 is 1.23 bits per heavy atom. The largest absolute Gasteiger partial charge is 0.325 e. The predicted octanol–water partition coefficient (Wildman–Crippen LogP) is 3.05. The Hall–Kier alpha value is -2.01. The van der Waals surface area contributed by atoms with Gasteiger partial charge < -0.3 is 9.88 Å². The van der Waals surface area contributed by atoms with Gasteiger partial charge in [-0.3, -0.25) is 9.59 Å². The molecule has 0 saturated carbocycles. The maximum Gasteiger partial charge on any atom is 0.255 e. The second-order valence-electron chi connectivity index (χ2n) is 5.39.